The Bertz CT molecular complexity index is 1040. The number of amides is 1. The van der Waals surface area contributed by atoms with Crippen molar-refractivity contribution < 1.29 is 14.3 Å². The molecule has 0 radical (unpaired) electrons. The lowest BCUT2D eigenvalue weighted by atomic mass is 10.1. The van der Waals surface area contributed by atoms with E-state index in [1.54, 1.807) is 24.4 Å². The van der Waals surface area contributed by atoms with E-state index >= 15 is 0 Å². The minimum absolute atomic E-state index is 0.00904. The number of pyridine rings is 1. The number of ether oxygens (including phenoxy) is 2. The standard InChI is InChI=1S/C24H27N5O3/c1-3-31-21-10-8-18(17-22(21)32-4-2)24(30)29-15-13-28(14-16-29)23-11-9-20(26-27-23)19-7-5-6-12-25-19/h5-12,17H,3-4,13-16H2,1-2H3. The fraction of sp³-hybridized carbons (Fsp3) is 0.333. The van der Waals surface area contributed by atoms with Crippen molar-refractivity contribution in [2.75, 3.05) is 44.3 Å². The minimum Gasteiger partial charge on any atom is -0.490 e. The highest BCUT2D eigenvalue weighted by Gasteiger charge is 2.24. The molecule has 1 fully saturated rings. The van der Waals surface area contributed by atoms with Gasteiger partial charge in [-0.05, 0) is 56.3 Å². The molecule has 32 heavy (non-hydrogen) atoms. The highest BCUT2D eigenvalue weighted by molar-refractivity contribution is 5.95. The molecule has 0 unspecified atom stereocenters. The Morgan fingerprint density at radius 1 is 0.875 bits per heavy atom. The second-order valence-corrected chi connectivity index (χ2v) is 7.30. The molecule has 0 N–H and O–H groups in total. The van der Waals surface area contributed by atoms with Crippen molar-refractivity contribution in [2.45, 2.75) is 13.8 Å². The van der Waals surface area contributed by atoms with Crippen molar-refractivity contribution in [3.05, 3.63) is 60.3 Å². The Balaban J connectivity index is 1.39. The molecule has 3 heterocycles. The van der Waals surface area contributed by atoms with Crippen LogP contribution in [0.4, 0.5) is 5.82 Å². The Morgan fingerprint density at radius 2 is 1.66 bits per heavy atom. The monoisotopic (exact) mass is 433 g/mol. The summed E-state index contributed by atoms with van der Waals surface area (Å²) in [6.07, 6.45) is 1.74. The molecule has 1 saturated heterocycles. The summed E-state index contributed by atoms with van der Waals surface area (Å²) in [4.78, 5) is 21.4. The van der Waals surface area contributed by atoms with Gasteiger partial charge in [-0.2, -0.15) is 0 Å². The molecule has 166 valence electrons. The molecule has 0 atom stereocenters. The Kier molecular flexibility index (Phi) is 6.79. The van der Waals surface area contributed by atoms with Crippen LogP contribution in [0.15, 0.2) is 54.7 Å². The topological polar surface area (TPSA) is 80.7 Å². The zero-order chi connectivity index (χ0) is 22.3. The van der Waals surface area contributed by atoms with Crippen LogP contribution in [0.1, 0.15) is 24.2 Å². The highest BCUT2D eigenvalue weighted by atomic mass is 16.5. The van der Waals surface area contributed by atoms with Gasteiger partial charge in [0, 0.05) is 37.9 Å². The molecule has 3 aromatic rings. The first-order chi connectivity index (χ1) is 15.7. The summed E-state index contributed by atoms with van der Waals surface area (Å²) in [6.45, 7) is 7.49. The van der Waals surface area contributed by atoms with Gasteiger partial charge in [0.1, 0.15) is 5.69 Å². The normalized spacial score (nSPS) is 13.7. The van der Waals surface area contributed by atoms with Gasteiger partial charge in [0.05, 0.1) is 18.9 Å². The second-order valence-electron chi connectivity index (χ2n) is 7.30. The van der Waals surface area contributed by atoms with Crippen LogP contribution in [0.3, 0.4) is 0 Å². The lowest BCUT2D eigenvalue weighted by Gasteiger charge is -2.35. The first-order valence-corrected chi connectivity index (χ1v) is 10.9. The molecule has 8 nitrogen and oxygen atoms in total. The van der Waals surface area contributed by atoms with Gasteiger partial charge in [0.2, 0.25) is 0 Å². The van der Waals surface area contributed by atoms with Crippen molar-refractivity contribution in [1.82, 2.24) is 20.1 Å². The quantitative estimate of drug-likeness (QED) is 0.565. The van der Waals surface area contributed by atoms with Gasteiger partial charge in [0.15, 0.2) is 17.3 Å². The average Bonchev–Trinajstić information content (AvgIpc) is 2.86. The number of carbonyl (C=O) groups excluding carboxylic acids is 1. The van der Waals surface area contributed by atoms with Crippen molar-refractivity contribution in [2.24, 2.45) is 0 Å². The molecule has 0 spiro atoms. The first kappa shape index (κ1) is 21.5. The molecule has 1 amide bonds. The molecule has 2 aromatic heterocycles. The molecule has 0 aliphatic carbocycles. The summed E-state index contributed by atoms with van der Waals surface area (Å²) in [6, 6.07) is 15.0. The lowest BCUT2D eigenvalue weighted by Crippen LogP contribution is -2.49. The number of carbonyl (C=O) groups is 1. The maximum atomic E-state index is 13.0. The summed E-state index contributed by atoms with van der Waals surface area (Å²) in [5, 5.41) is 8.68. The number of nitrogens with zero attached hydrogens (tertiary/aromatic N) is 5. The molecule has 1 aromatic carbocycles. The number of benzene rings is 1. The van der Waals surface area contributed by atoms with E-state index in [0.29, 0.717) is 56.5 Å². The summed E-state index contributed by atoms with van der Waals surface area (Å²) < 4.78 is 11.3. The summed E-state index contributed by atoms with van der Waals surface area (Å²) in [7, 11) is 0. The third-order valence-electron chi connectivity index (χ3n) is 5.26. The number of piperazine rings is 1. The van der Waals surface area contributed by atoms with E-state index in [9.17, 15) is 4.79 Å². The van der Waals surface area contributed by atoms with Gasteiger partial charge < -0.3 is 19.3 Å². The van der Waals surface area contributed by atoms with Crippen LogP contribution >= 0.6 is 0 Å². The van der Waals surface area contributed by atoms with Crippen molar-refractivity contribution in [3.8, 4) is 22.9 Å². The highest BCUT2D eigenvalue weighted by Crippen LogP contribution is 2.29. The number of anilines is 1. The van der Waals surface area contributed by atoms with E-state index in [2.05, 4.69) is 20.1 Å². The summed E-state index contributed by atoms with van der Waals surface area (Å²) >= 11 is 0. The maximum Gasteiger partial charge on any atom is 0.254 e. The van der Waals surface area contributed by atoms with Crippen molar-refractivity contribution in [1.29, 1.82) is 0 Å². The van der Waals surface area contributed by atoms with Crippen LogP contribution in [0.5, 0.6) is 11.5 Å². The SMILES string of the molecule is CCOc1ccc(C(=O)N2CCN(c3ccc(-c4ccccn4)nn3)CC2)cc1OCC. The van der Waals surface area contributed by atoms with Crippen LogP contribution in [0, 0.1) is 0 Å². The van der Waals surface area contributed by atoms with Crippen molar-refractivity contribution in [3.63, 3.8) is 0 Å². The third kappa shape index (κ3) is 4.80. The lowest BCUT2D eigenvalue weighted by molar-refractivity contribution is 0.0746. The Labute approximate surface area is 187 Å². The van der Waals surface area contributed by atoms with Crippen LogP contribution in [-0.2, 0) is 0 Å². The predicted octanol–water partition coefficient (Wildman–Crippen LogP) is 3.30. The zero-order valence-electron chi connectivity index (χ0n) is 18.4. The zero-order valence-corrected chi connectivity index (χ0v) is 18.4. The van der Waals surface area contributed by atoms with Crippen LogP contribution < -0.4 is 14.4 Å². The van der Waals surface area contributed by atoms with E-state index in [0.717, 1.165) is 17.2 Å². The van der Waals surface area contributed by atoms with E-state index in [4.69, 9.17) is 9.47 Å². The van der Waals surface area contributed by atoms with Crippen LogP contribution in [0.2, 0.25) is 0 Å². The average molecular weight is 434 g/mol. The van der Waals surface area contributed by atoms with Crippen molar-refractivity contribution >= 4 is 11.7 Å². The van der Waals surface area contributed by atoms with Gasteiger partial charge in [-0.3, -0.25) is 9.78 Å². The van der Waals surface area contributed by atoms with Gasteiger partial charge in [-0.1, -0.05) is 6.07 Å². The van der Waals surface area contributed by atoms with Gasteiger partial charge in [0.25, 0.3) is 5.91 Å². The van der Waals surface area contributed by atoms with Gasteiger partial charge >= 0.3 is 0 Å². The molecular weight excluding hydrogens is 406 g/mol. The fourth-order valence-electron chi connectivity index (χ4n) is 3.65. The molecule has 0 bridgehead atoms. The number of hydrogen-bond acceptors (Lipinski definition) is 7. The molecule has 1 aliphatic heterocycles. The van der Waals surface area contributed by atoms with E-state index < -0.39 is 0 Å². The number of aromatic nitrogens is 3. The van der Waals surface area contributed by atoms with E-state index in [1.807, 2.05) is 49.1 Å². The first-order valence-electron chi connectivity index (χ1n) is 10.9. The van der Waals surface area contributed by atoms with Crippen LogP contribution in [-0.4, -0.2) is 65.4 Å². The summed E-state index contributed by atoms with van der Waals surface area (Å²) in [5.41, 5.74) is 2.14. The van der Waals surface area contributed by atoms with Gasteiger partial charge in [-0.15, -0.1) is 10.2 Å². The Hall–Kier alpha value is -3.68. The minimum atomic E-state index is -0.00904. The molecule has 8 heteroatoms. The van der Waals surface area contributed by atoms with Crippen LogP contribution in [0.25, 0.3) is 11.4 Å². The van der Waals surface area contributed by atoms with E-state index in [1.165, 1.54) is 0 Å². The Morgan fingerprint density at radius 3 is 2.31 bits per heavy atom. The van der Waals surface area contributed by atoms with E-state index in [-0.39, 0.29) is 5.91 Å². The third-order valence-corrected chi connectivity index (χ3v) is 5.26. The molecular formula is C24H27N5O3. The second kappa shape index (κ2) is 10.1. The maximum absolute atomic E-state index is 13.0. The smallest absolute Gasteiger partial charge is 0.254 e. The number of hydrogen-bond donors (Lipinski definition) is 0. The van der Waals surface area contributed by atoms with Gasteiger partial charge in [-0.25, -0.2) is 0 Å². The predicted molar refractivity (Wildman–Crippen MR) is 122 cm³/mol. The fourth-order valence-corrected chi connectivity index (χ4v) is 3.65. The molecule has 0 saturated carbocycles. The molecule has 1 aliphatic rings. The largest absolute Gasteiger partial charge is 0.490 e. The molecule has 4 rings (SSSR count). The summed E-state index contributed by atoms with van der Waals surface area (Å²) in [5.74, 6) is 2.05. The number of rotatable bonds is 7.